The second-order valence-corrected chi connectivity index (χ2v) is 9.48. The average molecular weight is 403 g/mol. The summed E-state index contributed by atoms with van der Waals surface area (Å²) in [7, 11) is 0. The third kappa shape index (κ3) is 3.23. The highest BCUT2D eigenvalue weighted by atomic mass is 32.1. The van der Waals surface area contributed by atoms with E-state index in [1.54, 1.807) is 28.7 Å². The zero-order valence-electron chi connectivity index (χ0n) is 12.6. The quantitative estimate of drug-likeness (QED) is 0.391. The molecule has 0 aliphatic heterocycles. The van der Waals surface area contributed by atoms with Crippen molar-refractivity contribution < 1.29 is 14.7 Å². The Labute approximate surface area is 159 Å². The van der Waals surface area contributed by atoms with E-state index in [4.69, 9.17) is 5.11 Å². The second kappa shape index (κ2) is 6.68. The lowest BCUT2D eigenvalue weighted by Gasteiger charge is -1.92. The molecule has 0 aliphatic carbocycles. The molecule has 4 heterocycles. The number of carboxylic acid groups (broad SMARTS) is 1. The van der Waals surface area contributed by atoms with E-state index in [1.807, 2.05) is 24.3 Å². The van der Waals surface area contributed by atoms with Gasteiger partial charge >= 0.3 is 5.97 Å². The highest BCUT2D eigenvalue weighted by Crippen LogP contribution is 2.42. The largest absolute Gasteiger partial charge is 0.477 e. The van der Waals surface area contributed by atoms with Gasteiger partial charge in [-0.2, -0.15) is 0 Å². The summed E-state index contributed by atoms with van der Waals surface area (Å²) in [4.78, 5) is 29.6. The molecule has 0 radical (unpaired) electrons. The van der Waals surface area contributed by atoms with Crippen LogP contribution in [0.3, 0.4) is 0 Å². The van der Waals surface area contributed by atoms with Crippen LogP contribution in [0.15, 0.2) is 48.5 Å². The molecule has 124 valence electrons. The van der Waals surface area contributed by atoms with E-state index in [1.165, 1.54) is 27.6 Å². The third-order valence-corrected chi connectivity index (χ3v) is 8.34. The van der Waals surface area contributed by atoms with Gasteiger partial charge in [0.2, 0.25) is 0 Å². The van der Waals surface area contributed by atoms with Crippen molar-refractivity contribution in [3.63, 3.8) is 0 Å². The minimum atomic E-state index is -0.887. The molecule has 3 nitrogen and oxygen atoms in total. The molecular weight excluding hydrogens is 392 g/mol. The Hall–Kier alpha value is -2.06. The van der Waals surface area contributed by atoms with Crippen LogP contribution in [0, 0.1) is 0 Å². The van der Waals surface area contributed by atoms with Gasteiger partial charge in [0.05, 0.1) is 4.88 Å². The van der Waals surface area contributed by atoms with Crippen molar-refractivity contribution in [1.29, 1.82) is 0 Å². The topological polar surface area (TPSA) is 54.4 Å². The first kappa shape index (κ1) is 16.4. The van der Waals surface area contributed by atoms with Gasteiger partial charge in [-0.25, -0.2) is 4.79 Å². The number of rotatable bonds is 5. The molecular formula is C18H10O3S4. The number of carboxylic acids is 1. The zero-order valence-corrected chi connectivity index (χ0v) is 15.9. The molecule has 0 unspecified atom stereocenters. The summed E-state index contributed by atoms with van der Waals surface area (Å²) in [5.41, 5.74) is 0. The Morgan fingerprint density at radius 2 is 1.12 bits per heavy atom. The Bertz CT molecular complexity index is 1060. The third-order valence-electron chi connectivity index (χ3n) is 3.50. The number of hydrogen-bond acceptors (Lipinski definition) is 6. The Morgan fingerprint density at radius 3 is 1.56 bits per heavy atom. The lowest BCUT2D eigenvalue weighted by Crippen LogP contribution is -1.89. The van der Waals surface area contributed by atoms with E-state index in [-0.39, 0.29) is 0 Å². The van der Waals surface area contributed by atoms with Gasteiger partial charge in [0.15, 0.2) is 6.29 Å². The van der Waals surface area contributed by atoms with E-state index in [0.29, 0.717) is 4.88 Å². The van der Waals surface area contributed by atoms with Gasteiger partial charge in [-0.15, -0.1) is 45.3 Å². The molecule has 7 heteroatoms. The van der Waals surface area contributed by atoms with Crippen molar-refractivity contribution >= 4 is 57.6 Å². The molecule has 0 saturated heterocycles. The molecule has 1 N–H and O–H groups in total. The maximum Gasteiger partial charge on any atom is 0.345 e. The van der Waals surface area contributed by atoms with Gasteiger partial charge in [0.25, 0.3) is 0 Å². The molecule has 0 fully saturated rings. The standard InChI is InChI=1S/C18H10O3S4/c19-9-10-1-2-11(22-10)12-3-4-13(23-12)14-5-6-15(24-14)16-7-8-17(25-16)18(20)21/h1-9H,(H,20,21). The first-order chi connectivity index (χ1) is 12.1. The first-order valence-corrected chi connectivity index (χ1v) is 10.5. The summed E-state index contributed by atoms with van der Waals surface area (Å²) < 4.78 is 0. The van der Waals surface area contributed by atoms with Crippen LogP contribution in [-0.2, 0) is 0 Å². The van der Waals surface area contributed by atoms with Crippen molar-refractivity contribution in [2.75, 3.05) is 0 Å². The van der Waals surface area contributed by atoms with Gasteiger partial charge in [-0.05, 0) is 48.5 Å². The normalized spacial score (nSPS) is 10.9. The molecule has 4 aromatic rings. The summed E-state index contributed by atoms with van der Waals surface area (Å²) in [6.45, 7) is 0. The van der Waals surface area contributed by atoms with Crippen LogP contribution in [-0.4, -0.2) is 17.4 Å². The predicted molar refractivity (Wildman–Crippen MR) is 107 cm³/mol. The van der Waals surface area contributed by atoms with Crippen molar-refractivity contribution in [2.45, 2.75) is 0 Å². The zero-order chi connectivity index (χ0) is 17.4. The molecule has 0 saturated carbocycles. The summed E-state index contributed by atoms with van der Waals surface area (Å²) >= 11 is 6.14. The number of carbonyl (C=O) groups excluding carboxylic acids is 1. The molecule has 25 heavy (non-hydrogen) atoms. The highest BCUT2D eigenvalue weighted by molar-refractivity contribution is 7.28. The number of carbonyl (C=O) groups is 2. The van der Waals surface area contributed by atoms with Gasteiger partial charge in [0, 0.05) is 29.3 Å². The summed E-state index contributed by atoms with van der Waals surface area (Å²) in [5, 5.41) is 9.05. The molecule has 4 rings (SSSR count). The summed E-state index contributed by atoms with van der Waals surface area (Å²) in [6, 6.07) is 15.6. The fourth-order valence-electron chi connectivity index (χ4n) is 2.34. The Balaban J connectivity index is 1.61. The van der Waals surface area contributed by atoms with Crippen molar-refractivity contribution in [3.05, 3.63) is 58.3 Å². The monoisotopic (exact) mass is 402 g/mol. The summed E-state index contributed by atoms with van der Waals surface area (Å²) in [6.07, 6.45) is 0.876. The number of aldehydes is 1. The fourth-order valence-corrected chi connectivity index (χ4v) is 6.29. The van der Waals surface area contributed by atoms with Gasteiger partial charge in [-0.3, -0.25) is 4.79 Å². The molecule has 4 aromatic heterocycles. The van der Waals surface area contributed by atoms with Gasteiger partial charge < -0.3 is 5.11 Å². The minimum absolute atomic E-state index is 0.354. The SMILES string of the molecule is O=Cc1ccc(-c2ccc(-c3ccc(-c4ccc(C(=O)O)s4)s3)s2)s1. The van der Waals surface area contributed by atoms with Crippen molar-refractivity contribution in [1.82, 2.24) is 0 Å². The van der Waals surface area contributed by atoms with E-state index < -0.39 is 5.97 Å². The van der Waals surface area contributed by atoms with Crippen LogP contribution in [0.4, 0.5) is 0 Å². The van der Waals surface area contributed by atoms with Crippen LogP contribution < -0.4 is 0 Å². The van der Waals surface area contributed by atoms with Crippen LogP contribution >= 0.6 is 45.3 Å². The molecule has 0 atom stereocenters. The maximum atomic E-state index is 11.0. The van der Waals surface area contributed by atoms with E-state index >= 15 is 0 Å². The van der Waals surface area contributed by atoms with E-state index in [2.05, 4.69) is 18.2 Å². The fraction of sp³-hybridized carbons (Fsp3) is 0. The lowest BCUT2D eigenvalue weighted by atomic mass is 10.3. The van der Waals surface area contributed by atoms with Gasteiger partial charge in [-0.1, -0.05) is 0 Å². The molecule has 0 aromatic carbocycles. The number of hydrogen-bond donors (Lipinski definition) is 1. The first-order valence-electron chi connectivity index (χ1n) is 7.23. The Kier molecular flexibility index (Phi) is 4.39. The highest BCUT2D eigenvalue weighted by Gasteiger charge is 2.13. The van der Waals surface area contributed by atoms with Crippen LogP contribution in [0.5, 0.6) is 0 Å². The van der Waals surface area contributed by atoms with Crippen LogP contribution in [0.25, 0.3) is 29.3 Å². The lowest BCUT2D eigenvalue weighted by molar-refractivity contribution is 0.0702. The van der Waals surface area contributed by atoms with E-state index in [0.717, 1.165) is 35.5 Å². The predicted octanol–water partition coefficient (Wildman–Crippen LogP) is 6.44. The van der Waals surface area contributed by atoms with Crippen LogP contribution in [0.2, 0.25) is 0 Å². The summed E-state index contributed by atoms with van der Waals surface area (Å²) in [5.74, 6) is -0.887. The maximum absolute atomic E-state index is 11.0. The number of aromatic carboxylic acids is 1. The average Bonchev–Trinajstić information content (AvgIpc) is 3.40. The smallest absolute Gasteiger partial charge is 0.345 e. The van der Waals surface area contributed by atoms with Crippen molar-refractivity contribution in [2.24, 2.45) is 0 Å². The van der Waals surface area contributed by atoms with Gasteiger partial charge in [0.1, 0.15) is 4.88 Å². The van der Waals surface area contributed by atoms with E-state index in [9.17, 15) is 9.59 Å². The second-order valence-electron chi connectivity index (χ2n) is 5.12. The molecule has 0 spiro atoms. The molecule has 0 bridgehead atoms. The van der Waals surface area contributed by atoms with Crippen LogP contribution in [0.1, 0.15) is 19.3 Å². The van der Waals surface area contributed by atoms with Crippen molar-refractivity contribution in [3.8, 4) is 29.3 Å². The molecule has 0 aliphatic rings. The molecule has 0 amide bonds. The Morgan fingerprint density at radius 1 is 0.680 bits per heavy atom. The minimum Gasteiger partial charge on any atom is -0.477 e. The number of thiophene rings is 4.